The summed E-state index contributed by atoms with van der Waals surface area (Å²) in [5.74, 6) is 0. The van der Waals surface area contributed by atoms with Gasteiger partial charge in [-0.3, -0.25) is 0 Å². The van der Waals surface area contributed by atoms with Crippen molar-refractivity contribution in [2.75, 3.05) is 0 Å². The molecule has 0 bridgehead atoms. The number of benzene rings is 9. The van der Waals surface area contributed by atoms with Crippen LogP contribution in [0.1, 0.15) is 22.7 Å². The van der Waals surface area contributed by atoms with Gasteiger partial charge < -0.3 is 11.1 Å². The number of nitrogens with two attached hydrogens (primary N) is 1. The van der Waals surface area contributed by atoms with Crippen molar-refractivity contribution in [3.05, 3.63) is 199 Å². The second kappa shape index (κ2) is 12.4. The first-order valence-electron chi connectivity index (χ1n) is 18.1. The van der Waals surface area contributed by atoms with E-state index in [1.54, 1.807) is 0 Å². The summed E-state index contributed by atoms with van der Waals surface area (Å²) in [4.78, 5) is 0. The molecule has 1 aliphatic carbocycles. The minimum Gasteiger partial charge on any atom is -0.381 e. The normalized spacial score (nSPS) is 12.8. The molecule has 2 nitrogen and oxygen atoms in total. The highest BCUT2D eigenvalue weighted by atomic mass is 14.9. The third kappa shape index (κ3) is 4.99. The highest BCUT2D eigenvalue weighted by molar-refractivity contribution is 6.16. The van der Waals surface area contributed by atoms with E-state index in [9.17, 15) is 0 Å². The first kappa shape index (κ1) is 30.4. The van der Waals surface area contributed by atoms with Crippen LogP contribution in [0.2, 0.25) is 0 Å². The maximum absolute atomic E-state index is 7.21. The van der Waals surface area contributed by atoms with Crippen molar-refractivity contribution in [1.29, 1.82) is 0 Å². The average molecular weight is 665 g/mol. The molecule has 0 aromatic heterocycles. The summed E-state index contributed by atoms with van der Waals surface area (Å²) < 4.78 is 0. The molecule has 0 amide bonds. The van der Waals surface area contributed by atoms with E-state index < -0.39 is 0 Å². The zero-order valence-electron chi connectivity index (χ0n) is 28.7. The van der Waals surface area contributed by atoms with Crippen LogP contribution >= 0.6 is 0 Å². The summed E-state index contributed by atoms with van der Waals surface area (Å²) in [6.07, 6.45) is 2.22. The smallest absolute Gasteiger partial charge is 0.0510 e. The SMILES string of the molecule is NC(/C=C(\NCc1c2ccccc2cc2c1ccc1ccccc12)c1ccc2c(c1)-c1cccc3cccc-2c13)c1ccccc1-c1ccccc1. The van der Waals surface area contributed by atoms with Gasteiger partial charge >= 0.3 is 0 Å². The molecule has 0 aliphatic heterocycles. The monoisotopic (exact) mass is 664 g/mol. The third-order valence-corrected chi connectivity index (χ3v) is 10.9. The highest BCUT2D eigenvalue weighted by Gasteiger charge is 2.22. The molecule has 9 aromatic rings. The second-order valence-electron chi connectivity index (χ2n) is 13.8. The lowest BCUT2D eigenvalue weighted by Gasteiger charge is -2.20. The predicted molar refractivity (Wildman–Crippen MR) is 221 cm³/mol. The number of nitrogens with one attached hydrogen (secondary N) is 1. The quantitative estimate of drug-likeness (QED) is 0.131. The summed E-state index contributed by atoms with van der Waals surface area (Å²) in [6, 6.07) is 63.2. The Labute approximate surface area is 303 Å². The molecule has 0 spiro atoms. The molecule has 0 saturated carbocycles. The summed E-state index contributed by atoms with van der Waals surface area (Å²) in [5, 5.41) is 14.1. The summed E-state index contributed by atoms with van der Waals surface area (Å²) in [7, 11) is 0. The van der Waals surface area contributed by atoms with E-state index in [0.717, 1.165) is 28.0 Å². The summed E-state index contributed by atoms with van der Waals surface area (Å²) in [5.41, 5.74) is 19.2. The van der Waals surface area contributed by atoms with Crippen LogP contribution in [0.25, 0.3) is 82.2 Å². The Morgan fingerprint density at radius 3 is 2.00 bits per heavy atom. The third-order valence-electron chi connectivity index (χ3n) is 10.9. The lowest BCUT2D eigenvalue weighted by molar-refractivity contribution is 0.866. The Morgan fingerprint density at radius 1 is 0.481 bits per heavy atom. The number of rotatable bonds is 7. The molecule has 1 aliphatic rings. The van der Waals surface area contributed by atoms with Crippen LogP contribution in [0.15, 0.2) is 182 Å². The highest BCUT2D eigenvalue weighted by Crippen LogP contribution is 2.48. The van der Waals surface area contributed by atoms with Crippen molar-refractivity contribution in [2.45, 2.75) is 12.6 Å². The van der Waals surface area contributed by atoms with Gasteiger partial charge in [0.05, 0.1) is 6.04 Å². The molecular formula is C50H36N2. The van der Waals surface area contributed by atoms with E-state index in [-0.39, 0.29) is 6.04 Å². The van der Waals surface area contributed by atoms with Crippen LogP contribution in [0.4, 0.5) is 0 Å². The van der Waals surface area contributed by atoms with E-state index >= 15 is 0 Å². The second-order valence-corrected chi connectivity index (χ2v) is 13.8. The van der Waals surface area contributed by atoms with Gasteiger partial charge in [-0.05, 0) is 111 Å². The molecule has 9 aromatic carbocycles. The fourth-order valence-electron chi connectivity index (χ4n) is 8.44. The number of fused-ring (bicyclic) bond motifs is 7. The molecule has 0 heterocycles. The van der Waals surface area contributed by atoms with Crippen LogP contribution in [0.3, 0.4) is 0 Å². The van der Waals surface area contributed by atoms with Gasteiger partial charge in [-0.1, -0.05) is 164 Å². The molecule has 1 atom stereocenters. The van der Waals surface area contributed by atoms with E-state index in [1.165, 1.54) is 70.9 Å². The largest absolute Gasteiger partial charge is 0.381 e. The molecule has 0 saturated heterocycles. The van der Waals surface area contributed by atoms with E-state index in [1.807, 2.05) is 0 Å². The number of hydrogen-bond donors (Lipinski definition) is 2. The predicted octanol–water partition coefficient (Wildman–Crippen LogP) is 12.4. The average Bonchev–Trinajstić information content (AvgIpc) is 3.53. The molecule has 3 N–H and O–H groups in total. The fraction of sp³-hybridized carbons (Fsp3) is 0.0400. The van der Waals surface area contributed by atoms with Crippen molar-refractivity contribution >= 4 is 48.8 Å². The Hall–Kier alpha value is -6.48. The van der Waals surface area contributed by atoms with Gasteiger partial charge in [-0.25, -0.2) is 0 Å². The minimum absolute atomic E-state index is 0.346. The van der Waals surface area contributed by atoms with Crippen LogP contribution in [-0.4, -0.2) is 0 Å². The Kier molecular flexibility index (Phi) is 7.23. The van der Waals surface area contributed by atoms with Crippen molar-refractivity contribution in [3.63, 3.8) is 0 Å². The van der Waals surface area contributed by atoms with Gasteiger partial charge in [-0.2, -0.15) is 0 Å². The molecule has 10 rings (SSSR count). The summed E-state index contributed by atoms with van der Waals surface area (Å²) >= 11 is 0. The Balaban J connectivity index is 1.13. The van der Waals surface area contributed by atoms with Gasteiger partial charge in [0.15, 0.2) is 0 Å². The van der Waals surface area contributed by atoms with Crippen LogP contribution < -0.4 is 11.1 Å². The van der Waals surface area contributed by atoms with E-state index in [4.69, 9.17) is 5.73 Å². The number of hydrogen-bond acceptors (Lipinski definition) is 2. The van der Waals surface area contributed by atoms with Crippen molar-refractivity contribution in [1.82, 2.24) is 5.32 Å². The zero-order chi connectivity index (χ0) is 34.6. The van der Waals surface area contributed by atoms with Crippen molar-refractivity contribution < 1.29 is 0 Å². The van der Waals surface area contributed by atoms with Gasteiger partial charge in [0.1, 0.15) is 0 Å². The maximum atomic E-state index is 7.21. The molecule has 0 radical (unpaired) electrons. The summed E-state index contributed by atoms with van der Waals surface area (Å²) in [6.45, 7) is 0.641. The molecule has 0 fully saturated rings. The van der Waals surface area contributed by atoms with Crippen LogP contribution in [0.5, 0.6) is 0 Å². The van der Waals surface area contributed by atoms with Crippen LogP contribution in [0, 0.1) is 0 Å². The fourth-order valence-corrected chi connectivity index (χ4v) is 8.44. The first-order valence-corrected chi connectivity index (χ1v) is 18.1. The molecular weight excluding hydrogens is 629 g/mol. The molecule has 246 valence electrons. The molecule has 1 unspecified atom stereocenters. The lowest BCUT2D eigenvalue weighted by atomic mass is 9.92. The maximum Gasteiger partial charge on any atom is 0.0510 e. The van der Waals surface area contributed by atoms with Crippen molar-refractivity contribution in [2.24, 2.45) is 5.73 Å². The van der Waals surface area contributed by atoms with E-state index in [0.29, 0.717) is 6.54 Å². The Morgan fingerprint density at radius 2 is 1.15 bits per heavy atom. The van der Waals surface area contributed by atoms with Gasteiger partial charge in [0.25, 0.3) is 0 Å². The molecule has 2 heteroatoms. The van der Waals surface area contributed by atoms with Crippen LogP contribution in [-0.2, 0) is 6.54 Å². The van der Waals surface area contributed by atoms with E-state index in [2.05, 4.69) is 187 Å². The zero-order valence-corrected chi connectivity index (χ0v) is 28.7. The van der Waals surface area contributed by atoms with Gasteiger partial charge in [-0.15, -0.1) is 0 Å². The van der Waals surface area contributed by atoms with Gasteiger partial charge in [0.2, 0.25) is 0 Å². The lowest BCUT2D eigenvalue weighted by Crippen LogP contribution is -2.17. The topological polar surface area (TPSA) is 38.0 Å². The Bertz CT molecular complexity index is 2860. The molecule has 52 heavy (non-hydrogen) atoms. The van der Waals surface area contributed by atoms with Gasteiger partial charge in [0, 0.05) is 12.2 Å². The van der Waals surface area contributed by atoms with Crippen molar-refractivity contribution in [3.8, 4) is 33.4 Å². The standard InChI is InChI=1S/C50H36N2/c51-48(42-21-9-8-18-37(42)32-12-2-1-3-13-32)30-49(36-25-27-40-43-22-10-16-34-17-11-23-44(50(34)43)46(40)29-36)52-31-47-39-20-7-5-15-35(39)28-45-38-19-6-4-14-33(38)24-26-41(45)47/h1-30,48,52H,31,51H2/b49-30-. The first-order chi connectivity index (χ1) is 25.7. The minimum atomic E-state index is -0.346.